The molecule has 0 saturated carbocycles. The van der Waals surface area contributed by atoms with Gasteiger partial charge in [-0.15, -0.1) is 11.1 Å². The van der Waals surface area contributed by atoms with Crippen molar-refractivity contribution in [2.75, 3.05) is 0 Å². The van der Waals surface area contributed by atoms with Crippen molar-refractivity contribution in [1.29, 1.82) is 0 Å². The van der Waals surface area contributed by atoms with Crippen LogP contribution in [0.2, 0.25) is 44.3 Å². The third-order valence-electron chi connectivity index (χ3n) is 4.52. The van der Waals surface area contributed by atoms with E-state index >= 15 is 0 Å². The molecule has 0 atom stereocenters. The second-order valence-electron chi connectivity index (χ2n) is 9.37. The second kappa shape index (κ2) is 10.2. The molecule has 0 saturated heterocycles. The third-order valence-corrected chi connectivity index (χ3v) is 12.6. The van der Waals surface area contributed by atoms with E-state index in [4.69, 9.17) is 33.8 Å². The van der Waals surface area contributed by atoms with E-state index in [0.29, 0.717) is 0 Å². The lowest BCUT2D eigenvalue weighted by Crippen LogP contribution is -2.64. The zero-order valence-electron chi connectivity index (χ0n) is 18.6. The van der Waals surface area contributed by atoms with Crippen molar-refractivity contribution < 1.29 is 0 Å². The molecule has 0 aliphatic heterocycles. The number of benzene rings is 3. The Kier molecular flexibility index (Phi) is 8.65. The van der Waals surface area contributed by atoms with Crippen molar-refractivity contribution in [3.8, 4) is 0 Å². The first kappa shape index (κ1) is 25.4. The van der Waals surface area contributed by atoms with Gasteiger partial charge in [0.25, 0.3) is 0 Å². The maximum atomic E-state index is 7.51. The normalized spacial score (nSPS) is 12.2. The third kappa shape index (κ3) is 6.59. The van der Waals surface area contributed by atoms with Gasteiger partial charge in [0.1, 0.15) is 7.38 Å². The zero-order chi connectivity index (χ0) is 22.6. The molecular weight excluding hydrogens is 479 g/mol. The van der Waals surface area contributed by atoms with Crippen LogP contribution in [0.5, 0.6) is 0 Å². The lowest BCUT2D eigenvalue weighted by molar-refractivity contribution is 1.68. The fourth-order valence-electron chi connectivity index (χ4n) is 3.19. The molecule has 0 fully saturated rings. The summed E-state index contributed by atoms with van der Waals surface area (Å²) in [4.78, 5) is 0. The lowest BCUT2D eigenvalue weighted by atomic mass is 10.3. The highest BCUT2D eigenvalue weighted by atomic mass is 35.6. The number of hydrogen-bond acceptors (Lipinski definition) is 0. The maximum absolute atomic E-state index is 7.51. The summed E-state index contributed by atoms with van der Waals surface area (Å²) in [5.74, 6) is 0. The average molecular weight is 510 g/mol. The van der Waals surface area contributed by atoms with Gasteiger partial charge in [0.05, 0.1) is 8.07 Å². The quantitative estimate of drug-likeness (QED) is 0.225. The molecule has 0 aliphatic carbocycles. The first-order valence-electron chi connectivity index (χ1n) is 10.1. The number of hydrogen-bond donors (Lipinski definition) is 0. The van der Waals surface area contributed by atoms with Crippen LogP contribution in [0.15, 0.2) is 78.9 Å². The minimum atomic E-state index is -2.67. The first-order valence-corrected chi connectivity index (χ1v) is 21.5. The summed E-state index contributed by atoms with van der Waals surface area (Å²) < 4.78 is 0. The van der Waals surface area contributed by atoms with Gasteiger partial charge in [-0.2, -0.15) is 11.1 Å². The summed E-state index contributed by atoms with van der Waals surface area (Å²) in [5, 5.41) is 5.55. The van der Waals surface area contributed by atoms with E-state index in [1.54, 1.807) is 0 Å². The highest BCUT2D eigenvalue weighted by Crippen LogP contribution is 2.18. The maximum Gasteiger partial charge on any atom is 0.249 e. The highest BCUT2D eigenvalue weighted by Gasteiger charge is 2.40. The van der Waals surface area contributed by atoms with Gasteiger partial charge < -0.3 is 0 Å². The summed E-state index contributed by atoms with van der Waals surface area (Å²) in [6.45, 7) is 13.2. The van der Waals surface area contributed by atoms with E-state index in [1.165, 1.54) is 5.19 Å². The molecule has 3 aromatic carbocycles. The molecule has 0 aliphatic rings. The zero-order valence-corrected chi connectivity index (χ0v) is 23.9. The molecule has 0 heterocycles. The van der Waals surface area contributed by atoms with E-state index in [-0.39, 0.29) is 0 Å². The summed E-state index contributed by atoms with van der Waals surface area (Å²) >= 11 is 20.1. The van der Waals surface area contributed by atoms with Crippen LogP contribution in [0, 0.1) is 0 Å². The van der Waals surface area contributed by atoms with Crippen LogP contribution < -0.4 is 20.7 Å². The lowest BCUT2D eigenvalue weighted by Gasteiger charge is -2.30. The summed E-state index contributed by atoms with van der Waals surface area (Å²) in [6.07, 6.45) is 0. The fraction of sp³-hybridized carbons (Fsp3) is 0.250. The molecule has 0 bridgehead atoms. The Balaban J connectivity index is 0.000000575. The molecule has 0 radical (unpaired) electrons. The van der Waals surface area contributed by atoms with Crippen LogP contribution in [0.1, 0.15) is 0 Å². The van der Waals surface area contributed by atoms with E-state index < -0.39 is 22.8 Å². The van der Waals surface area contributed by atoms with Crippen molar-refractivity contribution in [3.05, 3.63) is 83.9 Å². The first-order chi connectivity index (χ1) is 13.8. The summed E-state index contributed by atoms with van der Waals surface area (Å²) in [7, 11) is -5.37. The molecule has 0 N–H and O–H groups in total. The monoisotopic (exact) mass is 508 g/mol. The second-order valence-corrected chi connectivity index (χ2v) is 27.0. The average Bonchev–Trinajstić information content (AvgIpc) is 2.67. The molecule has 0 amide bonds. The Hall–Kier alpha value is -0.819. The molecular formula is C24H31Cl3Si3. The van der Waals surface area contributed by atoms with Crippen LogP contribution in [0.3, 0.4) is 0 Å². The Morgan fingerprint density at radius 3 is 1.27 bits per heavy atom. The van der Waals surface area contributed by atoms with Crippen molar-refractivity contribution in [3.63, 3.8) is 0 Å². The SMILES string of the molecule is C[Si](C)(C)Cl.C[Si](C)(C)c1cccc([Si](Cl)(c2ccccc2)c2ccccc2)c1Cl. The van der Waals surface area contributed by atoms with Gasteiger partial charge in [-0.25, -0.2) is 0 Å². The van der Waals surface area contributed by atoms with Gasteiger partial charge in [0, 0.05) is 5.02 Å². The van der Waals surface area contributed by atoms with Crippen LogP contribution in [0.4, 0.5) is 0 Å². The Morgan fingerprint density at radius 1 is 0.533 bits per heavy atom. The Labute approximate surface area is 199 Å². The van der Waals surface area contributed by atoms with Gasteiger partial charge in [0.15, 0.2) is 0 Å². The van der Waals surface area contributed by atoms with Gasteiger partial charge in [-0.1, -0.05) is 130 Å². The molecule has 30 heavy (non-hydrogen) atoms. The summed E-state index contributed by atoms with van der Waals surface area (Å²) in [5.41, 5.74) is 0. The van der Waals surface area contributed by atoms with Crippen molar-refractivity contribution in [1.82, 2.24) is 0 Å². The van der Waals surface area contributed by atoms with Gasteiger partial charge in [-0.05, 0) is 20.7 Å². The largest absolute Gasteiger partial charge is 0.249 e. The number of rotatable bonds is 4. The number of halogens is 3. The van der Waals surface area contributed by atoms with E-state index in [2.05, 4.69) is 106 Å². The molecule has 6 heteroatoms. The Bertz CT molecular complexity index is 901. The van der Waals surface area contributed by atoms with Crippen LogP contribution in [-0.4, -0.2) is 22.8 Å². The van der Waals surface area contributed by atoms with Gasteiger partial charge in [-0.3, -0.25) is 0 Å². The van der Waals surface area contributed by atoms with Gasteiger partial charge in [0.2, 0.25) is 7.38 Å². The Morgan fingerprint density at radius 2 is 0.900 bits per heavy atom. The van der Waals surface area contributed by atoms with Crippen molar-refractivity contribution >= 4 is 77.3 Å². The predicted molar refractivity (Wildman–Crippen MR) is 147 cm³/mol. The molecule has 0 spiro atoms. The topological polar surface area (TPSA) is 0 Å². The highest BCUT2D eigenvalue weighted by molar-refractivity contribution is 7.40. The van der Waals surface area contributed by atoms with Crippen molar-refractivity contribution in [2.45, 2.75) is 39.3 Å². The molecule has 3 aromatic rings. The molecule has 0 aromatic heterocycles. The molecule has 0 nitrogen and oxygen atoms in total. The predicted octanol–water partition coefficient (Wildman–Crippen LogP) is 6.15. The minimum absolute atomic E-state index is 0.857. The van der Waals surface area contributed by atoms with Crippen LogP contribution in [-0.2, 0) is 0 Å². The fourth-order valence-corrected chi connectivity index (χ4v) is 10.5. The van der Waals surface area contributed by atoms with E-state index in [9.17, 15) is 0 Å². The smallest absolute Gasteiger partial charge is 0.168 e. The summed E-state index contributed by atoms with van der Waals surface area (Å²) in [6, 6.07) is 27.2. The van der Waals surface area contributed by atoms with E-state index in [1.807, 2.05) is 12.1 Å². The van der Waals surface area contributed by atoms with Gasteiger partial charge >= 0.3 is 0 Å². The van der Waals surface area contributed by atoms with Crippen LogP contribution >= 0.6 is 33.8 Å². The molecule has 3 rings (SSSR count). The minimum Gasteiger partial charge on any atom is -0.168 e. The molecule has 0 unspecified atom stereocenters. The van der Waals surface area contributed by atoms with Crippen molar-refractivity contribution in [2.24, 2.45) is 0 Å². The van der Waals surface area contributed by atoms with E-state index in [0.717, 1.165) is 20.6 Å². The molecule has 160 valence electrons. The van der Waals surface area contributed by atoms with Crippen LogP contribution in [0.25, 0.3) is 0 Å². The standard InChI is InChI=1S/C21H22Cl2Si2.C3H9ClSi/c1-24(2,3)19-15-10-16-20(21(19)22)25(23,17-11-6-4-7-12-17)18-13-8-5-9-14-18;1-5(2,3)4/h4-16H,1-3H3;1-3H3.